The van der Waals surface area contributed by atoms with E-state index in [1.54, 1.807) is 16.2 Å². The number of carbonyl (C=O) groups is 1. The van der Waals surface area contributed by atoms with Gasteiger partial charge in [0.25, 0.3) is 0 Å². The van der Waals surface area contributed by atoms with Gasteiger partial charge in [-0.3, -0.25) is 4.79 Å². The Labute approximate surface area is 225 Å². The lowest BCUT2D eigenvalue weighted by Crippen LogP contribution is -2.46. The van der Waals surface area contributed by atoms with Crippen molar-refractivity contribution >= 4 is 27.5 Å². The maximum Gasteiger partial charge on any atom is 0.222 e. The first-order valence-corrected chi connectivity index (χ1v) is 13.7. The Morgan fingerprint density at radius 2 is 1.76 bits per heavy atom. The Morgan fingerprint density at radius 1 is 1.03 bits per heavy atom. The van der Waals surface area contributed by atoms with Crippen molar-refractivity contribution in [2.75, 3.05) is 6.54 Å². The molecule has 8 heteroatoms. The van der Waals surface area contributed by atoms with Crippen molar-refractivity contribution in [1.29, 1.82) is 0 Å². The first-order valence-electron chi connectivity index (χ1n) is 12.9. The van der Waals surface area contributed by atoms with Crippen LogP contribution in [0.15, 0.2) is 66.7 Å². The van der Waals surface area contributed by atoms with Gasteiger partial charge in [-0.15, -0.1) is 11.3 Å². The first-order chi connectivity index (χ1) is 18.3. The Hall–Kier alpha value is -3.20. The molecule has 0 saturated carbocycles. The van der Waals surface area contributed by atoms with Crippen molar-refractivity contribution in [3.05, 3.63) is 100 Å². The molecule has 1 aromatic heterocycles. The molecule has 0 aliphatic carbocycles. The van der Waals surface area contributed by atoms with Crippen LogP contribution in [0.5, 0.6) is 0 Å². The number of amides is 1. The number of carbonyl (C=O) groups excluding carboxylic acids is 1. The Morgan fingerprint density at radius 3 is 2.50 bits per heavy atom. The number of benzene rings is 3. The van der Waals surface area contributed by atoms with E-state index in [4.69, 9.17) is 5.73 Å². The van der Waals surface area contributed by atoms with Crippen LogP contribution in [0.4, 0.5) is 8.78 Å². The topological polar surface area (TPSA) is 79.5 Å². The number of hydrogen-bond donors (Lipinski definition) is 2. The van der Waals surface area contributed by atoms with Crippen LogP contribution in [0.2, 0.25) is 0 Å². The fourth-order valence-electron chi connectivity index (χ4n) is 4.50. The molecule has 38 heavy (non-hydrogen) atoms. The minimum Gasteiger partial charge on any atom is -0.390 e. The van der Waals surface area contributed by atoms with Gasteiger partial charge in [-0.05, 0) is 66.6 Å². The summed E-state index contributed by atoms with van der Waals surface area (Å²) in [6.07, 6.45) is 1.53. The lowest BCUT2D eigenvalue weighted by Gasteiger charge is -2.28. The molecule has 0 unspecified atom stereocenters. The minimum atomic E-state index is -1.07. The van der Waals surface area contributed by atoms with Crippen molar-refractivity contribution in [3.8, 4) is 0 Å². The number of hydrogen-bond acceptors (Lipinski definition) is 5. The van der Waals surface area contributed by atoms with E-state index in [1.165, 1.54) is 12.1 Å². The van der Waals surface area contributed by atoms with Gasteiger partial charge < -0.3 is 15.7 Å². The predicted molar refractivity (Wildman–Crippen MR) is 148 cm³/mol. The van der Waals surface area contributed by atoms with Crippen LogP contribution in [-0.4, -0.2) is 39.6 Å². The monoisotopic (exact) mass is 537 g/mol. The highest BCUT2D eigenvalue weighted by Crippen LogP contribution is 2.23. The zero-order chi connectivity index (χ0) is 27.1. The number of nitrogens with zero attached hydrogens (tertiary/aromatic N) is 2. The fraction of sp³-hybridized carbons (Fsp3) is 0.333. The van der Waals surface area contributed by atoms with E-state index in [1.807, 2.05) is 42.5 Å². The number of fused-ring (bicyclic) bond motifs is 1. The van der Waals surface area contributed by atoms with E-state index < -0.39 is 23.8 Å². The Kier molecular flexibility index (Phi) is 9.55. The van der Waals surface area contributed by atoms with Gasteiger partial charge in [-0.1, -0.05) is 43.3 Å². The largest absolute Gasteiger partial charge is 0.390 e. The van der Waals surface area contributed by atoms with Crippen LogP contribution >= 0.6 is 11.3 Å². The second-order valence-corrected chi connectivity index (χ2v) is 10.7. The molecule has 4 aromatic rings. The van der Waals surface area contributed by atoms with E-state index >= 15 is 0 Å². The van der Waals surface area contributed by atoms with Gasteiger partial charge in [0.15, 0.2) is 0 Å². The maximum atomic E-state index is 13.6. The SMILES string of the molecule is CCc1cccc(CN(C[C@@H](O)[C@@H](N)Cc2cc(F)cc(F)c2)C(=O)CCCc2nc3ccccc3s2)c1. The summed E-state index contributed by atoms with van der Waals surface area (Å²) >= 11 is 1.64. The van der Waals surface area contributed by atoms with Crippen molar-refractivity contribution in [2.45, 2.75) is 57.7 Å². The van der Waals surface area contributed by atoms with Crippen LogP contribution in [-0.2, 0) is 30.6 Å². The normalized spacial score (nSPS) is 13.0. The van der Waals surface area contributed by atoms with Crippen LogP contribution in [0.1, 0.15) is 41.5 Å². The number of aryl methyl sites for hydroxylation is 2. The van der Waals surface area contributed by atoms with Gasteiger partial charge in [0, 0.05) is 31.6 Å². The van der Waals surface area contributed by atoms with Gasteiger partial charge in [0.05, 0.1) is 21.3 Å². The third-order valence-electron chi connectivity index (χ3n) is 6.54. The highest BCUT2D eigenvalue weighted by atomic mass is 32.1. The van der Waals surface area contributed by atoms with Crippen molar-refractivity contribution in [2.24, 2.45) is 5.73 Å². The number of nitrogens with two attached hydrogens (primary N) is 1. The van der Waals surface area contributed by atoms with Gasteiger partial charge in [-0.25, -0.2) is 13.8 Å². The number of halogens is 2. The lowest BCUT2D eigenvalue weighted by molar-refractivity contribution is -0.133. The van der Waals surface area contributed by atoms with Crippen LogP contribution < -0.4 is 5.73 Å². The molecule has 0 spiro atoms. The number of aromatic nitrogens is 1. The third kappa shape index (κ3) is 7.66. The zero-order valence-electron chi connectivity index (χ0n) is 21.4. The molecule has 1 heterocycles. The molecule has 0 fully saturated rings. The molecule has 0 aliphatic rings. The molecule has 5 nitrogen and oxygen atoms in total. The summed E-state index contributed by atoms with van der Waals surface area (Å²) in [6.45, 7) is 2.43. The van der Waals surface area contributed by atoms with E-state index in [2.05, 4.69) is 18.0 Å². The molecule has 3 N–H and O–H groups in total. The van der Waals surface area contributed by atoms with Crippen molar-refractivity contribution in [1.82, 2.24) is 9.88 Å². The molecule has 0 radical (unpaired) electrons. The molecule has 1 amide bonds. The number of thiazole rings is 1. The van der Waals surface area contributed by atoms with Gasteiger partial charge in [0.2, 0.25) is 5.91 Å². The number of aliphatic hydroxyl groups is 1. The third-order valence-corrected chi connectivity index (χ3v) is 7.64. The molecule has 0 bridgehead atoms. The van der Waals surface area contributed by atoms with E-state index in [0.717, 1.165) is 38.8 Å². The van der Waals surface area contributed by atoms with E-state index in [9.17, 15) is 18.7 Å². The van der Waals surface area contributed by atoms with Gasteiger partial charge in [0.1, 0.15) is 11.6 Å². The molecular formula is C30H33F2N3O2S. The van der Waals surface area contributed by atoms with E-state index in [-0.39, 0.29) is 18.9 Å². The van der Waals surface area contributed by atoms with Crippen molar-refractivity contribution in [3.63, 3.8) is 0 Å². The minimum absolute atomic E-state index is 0.0231. The summed E-state index contributed by atoms with van der Waals surface area (Å²) in [5, 5.41) is 11.9. The van der Waals surface area contributed by atoms with Crippen LogP contribution in [0.25, 0.3) is 10.2 Å². The second-order valence-electron chi connectivity index (χ2n) is 9.59. The molecule has 0 saturated heterocycles. The summed E-state index contributed by atoms with van der Waals surface area (Å²) < 4.78 is 28.3. The predicted octanol–water partition coefficient (Wildman–Crippen LogP) is 5.42. The molecule has 4 rings (SSSR count). The lowest BCUT2D eigenvalue weighted by atomic mass is 10.0. The average molecular weight is 538 g/mol. The van der Waals surface area contributed by atoms with Crippen LogP contribution in [0.3, 0.4) is 0 Å². The molecule has 0 aliphatic heterocycles. The summed E-state index contributed by atoms with van der Waals surface area (Å²) in [6, 6.07) is 18.4. The maximum absolute atomic E-state index is 13.6. The van der Waals surface area contributed by atoms with Crippen molar-refractivity contribution < 1.29 is 18.7 Å². The summed E-state index contributed by atoms with van der Waals surface area (Å²) in [4.78, 5) is 19.6. The first kappa shape index (κ1) is 27.8. The number of aliphatic hydroxyl groups excluding tert-OH is 1. The Balaban J connectivity index is 1.42. The standard InChI is InChI=1S/C30H33F2N3O2S/c1-2-20-7-5-8-21(13-20)18-35(19-27(36)25(33)16-22-14-23(31)17-24(32)15-22)30(37)12-6-11-29-34-26-9-3-4-10-28(26)38-29/h3-5,7-10,13-15,17,25,27,36H,2,6,11-12,16,18-19,33H2,1H3/t25-,27+/m0/s1. The fourth-order valence-corrected chi connectivity index (χ4v) is 5.51. The summed E-state index contributed by atoms with van der Waals surface area (Å²) in [5.41, 5.74) is 9.67. The smallest absolute Gasteiger partial charge is 0.222 e. The molecular weight excluding hydrogens is 504 g/mol. The molecule has 3 aromatic carbocycles. The van der Waals surface area contributed by atoms with Crippen LogP contribution in [0, 0.1) is 11.6 Å². The highest BCUT2D eigenvalue weighted by Gasteiger charge is 2.23. The summed E-state index contributed by atoms with van der Waals surface area (Å²) in [7, 11) is 0. The highest BCUT2D eigenvalue weighted by molar-refractivity contribution is 7.18. The average Bonchev–Trinajstić information content (AvgIpc) is 3.30. The molecule has 200 valence electrons. The quantitative estimate of drug-likeness (QED) is 0.253. The number of para-hydroxylation sites is 1. The molecule has 2 atom stereocenters. The van der Waals surface area contributed by atoms with Gasteiger partial charge >= 0.3 is 0 Å². The Bertz CT molecular complexity index is 1320. The second kappa shape index (κ2) is 13.0. The van der Waals surface area contributed by atoms with E-state index in [0.29, 0.717) is 31.4 Å². The number of rotatable bonds is 12. The summed E-state index contributed by atoms with van der Waals surface area (Å²) in [5.74, 6) is -1.47. The zero-order valence-corrected chi connectivity index (χ0v) is 22.3. The van der Waals surface area contributed by atoms with Gasteiger partial charge in [-0.2, -0.15) is 0 Å².